The van der Waals surface area contributed by atoms with Crippen LogP contribution in [0, 0.1) is 11.3 Å². The van der Waals surface area contributed by atoms with Gasteiger partial charge in [-0.3, -0.25) is 4.79 Å². The zero-order valence-corrected chi connectivity index (χ0v) is 17.5. The number of carbonyl (C=O) groups is 1. The van der Waals surface area contributed by atoms with E-state index in [2.05, 4.69) is 33.0 Å². The Hall–Kier alpha value is -4.02. The van der Waals surface area contributed by atoms with Gasteiger partial charge in [-0.15, -0.1) is 11.3 Å². The van der Waals surface area contributed by atoms with Gasteiger partial charge in [0.2, 0.25) is 0 Å². The van der Waals surface area contributed by atoms with Crippen LogP contribution in [0.25, 0.3) is 5.57 Å². The molecule has 0 fully saturated rings. The van der Waals surface area contributed by atoms with Gasteiger partial charge in [0.05, 0.1) is 38.5 Å². The van der Waals surface area contributed by atoms with Gasteiger partial charge in [0.25, 0.3) is 5.91 Å². The van der Waals surface area contributed by atoms with Crippen LogP contribution >= 0.6 is 11.3 Å². The van der Waals surface area contributed by atoms with Crippen LogP contribution in [-0.4, -0.2) is 16.6 Å². The first-order chi connectivity index (χ1) is 15.1. The fraction of sp³-hybridized carbons (Fsp3) is 0.0833. The molecule has 150 valence electrons. The number of nitrogens with one attached hydrogen (secondary N) is 2. The third kappa shape index (κ3) is 3.43. The van der Waals surface area contributed by atoms with Gasteiger partial charge in [-0.05, 0) is 30.7 Å². The fourth-order valence-electron chi connectivity index (χ4n) is 3.76. The Balaban J connectivity index is 1.57. The number of benzene rings is 2. The quantitative estimate of drug-likeness (QED) is 0.617. The van der Waals surface area contributed by atoms with Crippen molar-refractivity contribution in [3.8, 4) is 6.07 Å². The van der Waals surface area contributed by atoms with Gasteiger partial charge in [-0.1, -0.05) is 36.4 Å². The molecular formula is C24H17N5OS. The molecule has 0 atom stereocenters. The van der Waals surface area contributed by atoms with Crippen molar-refractivity contribution in [2.45, 2.75) is 13.3 Å². The minimum Gasteiger partial charge on any atom is -0.354 e. The molecule has 3 aromatic rings. The van der Waals surface area contributed by atoms with Crippen molar-refractivity contribution < 1.29 is 4.79 Å². The van der Waals surface area contributed by atoms with Gasteiger partial charge < -0.3 is 5.32 Å². The Morgan fingerprint density at radius 1 is 1.13 bits per heavy atom. The number of anilines is 1. The zero-order chi connectivity index (χ0) is 21.4. The van der Waals surface area contributed by atoms with Gasteiger partial charge in [0.15, 0.2) is 0 Å². The molecule has 31 heavy (non-hydrogen) atoms. The highest BCUT2D eigenvalue weighted by Gasteiger charge is 2.27. The molecule has 0 spiro atoms. The molecular weight excluding hydrogens is 406 g/mol. The lowest BCUT2D eigenvalue weighted by Crippen LogP contribution is -2.19. The number of nitrogens with zero attached hydrogens (tertiary/aromatic N) is 3. The summed E-state index contributed by atoms with van der Waals surface area (Å²) < 4.78 is 0. The summed E-state index contributed by atoms with van der Waals surface area (Å²) in [6.45, 7) is 1.81. The minimum absolute atomic E-state index is 0.215. The van der Waals surface area contributed by atoms with E-state index in [-0.39, 0.29) is 5.91 Å². The Kier molecular flexibility index (Phi) is 4.69. The monoisotopic (exact) mass is 423 g/mol. The van der Waals surface area contributed by atoms with Gasteiger partial charge in [0.1, 0.15) is 0 Å². The highest BCUT2D eigenvalue weighted by molar-refractivity contribution is 7.12. The van der Waals surface area contributed by atoms with Gasteiger partial charge >= 0.3 is 0 Å². The molecule has 2 aromatic carbocycles. The lowest BCUT2D eigenvalue weighted by Gasteiger charge is -2.21. The summed E-state index contributed by atoms with van der Waals surface area (Å²) in [5.41, 5.74) is 9.04. The smallest absolute Gasteiger partial charge is 0.275 e. The summed E-state index contributed by atoms with van der Waals surface area (Å²) in [7, 11) is 0. The SMILES string of the molecule is CC1=NNC(=O)/C1=C1/C=C(c2cnc(Cc3ccccc3C#N)s2)c2ccccc2N1. The molecule has 2 aliphatic heterocycles. The maximum absolute atomic E-state index is 12.3. The molecule has 1 amide bonds. The summed E-state index contributed by atoms with van der Waals surface area (Å²) in [6, 6.07) is 17.8. The van der Waals surface area contributed by atoms with E-state index in [9.17, 15) is 10.1 Å². The molecule has 0 bridgehead atoms. The number of thiazole rings is 1. The summed E-state index contributed by atoms with van der Waals surface area (Å²) >= 11 is 1.59. The molecule has 3 heterocycles. The number of rotatable bonds is 3. The fourth-order valence-corrected chi connectivity index (χ4v) is 4.73. The van der Waals surface area contributed by atoms with Gasteiger partial charge in [-0.25, -0.2) is 10.4 Å². The van der Waals surface area contributed by atoms with Gasteiger partial charge in [-0.2, -0.15) is 10.4 Å². The first kappa shape index (κ1) is 19.0. The summed E-state index contributed by atoms with van der Waals surface area (Å²) in [6.07, 6.45) is 4.45. The van der Waals surface area contributed by atoms with Crippen molar-refractivity contribution >= 4 is 34.2 Å². The molecule has 2 N–H and O–H groups in total. The number of hydrogen-bond acceptors (Lipinski definition) is 6. The average Bonchev–Trinajstić information content (AvgIpc) is 3.39. The highest BCUT2D eigenvalue weighted by atomic mass is 32.1. The molecule has 0 unspecified atom stereocenters. The molecule has 5 rings (SSSR count). The molecule has 0 aliphatic carbocycles. The maximum Gasteiger partial charge on any atom is 0.275 e. The maximum atomic E-state index is 12.3. The van der Waals surface area contributed by atoms with Crippen LogP contribution in [0.2, 0.25) is 0 Å². The number of hydrazone groups is 1. The topological polar surface area (TPSA) is 90.2 Å². The van der Waals surface area contributed by atoms with Crippen LogP contribution in [0.4, 0.5) is 5.69 Å². The predicted octanol–water partition coefficient (Wildman–Crippen LogP) is 4.22. The second-order valence-electron chi connectivity index (χ2n) is 7.22. The van der Waals surface area contributed by atoms with E-state index in [0.717, 1.165) is 38.0 Å². The van der Waals surface area contributed by atoms with Crippen molar-refractivity contribution in [3.05, 3.63) is 98.6 Å². The Morgan fingerprint density at radius 2 is 1.94 bits per heavy atom. The van der Waals surface area contributed by atoms with Crippen molar-refractivity contribution in [2.75, 3.05) is 5.32 Å². The lowest BCUT2D eigenvalue weighted by atomic mass is 9.95. The summed E-state index contributed by atoms with van der Waals surface area (Å²) in [5, 5.41) is 17.7. The van der Waals surface area contributed by atoms with Crippen molar-refractivity contribution in [2.24, 2.45) is 5.10 Å². The number of allylic oxidation sites excluding steroid dienone is 1. The highest BCUT2D eigenvalue weighted by Crippen LogP contribution is 2.38. The van der Waals surface area contributed by atoms with E-state index in [1.165, 1.54) is 0 Å². The Labute approximate surface area is 183 Å². The normalized spacial score (nSPS) is 17.2. The van der Waals surface area contributed by atoms with E-state index < -0.39 is 0 Å². The second kappa shape index (κ2) is 7.67. The molecule has 0 saturated carbocycles. The van der Waals surface area contributed by atoms with Crippen LogP contribution in [0.1, 0.15) is 33.5 Å². The van der Waals surface area contributed by atoms with E-state index in [1.54, 1.807) is 11.3 Å². The molecule has 0 radical (unpaired) electrons. The van der Waals surface area contributed by atoms with Crippen LogP contribution in [0.3, 0.4) is 0 Å². The third-order valence-corrected chi connectivity index (χ3v) is 6.29. The van der Waals surface area contributed by atoms with E-state index >= 15 is 0 Å². The van der Waals surface area contributed by atoms with Crippen LogP contribution in [0.5, 0.6) is 0 Å². The van der Waals surface area contributed by atoms with Crippen LogP contribution < -0.4 is 10.7 Å². The standard InChI is InChI=1S/C24H17N5OS/c1-14-23(24(30)29-28-14)20-11-18(17-8-4-5-9-19(17)27-20)21-13-26-22(31-21)10-15-6-2-3-7-16(15)12-25/h2-9,11,13,27H,10H2,1H3,(H,29,30)/b23-20-. The zero-order valence-electron chi connectivity index (χ0n) is 16.6. The molecule has 6 nitrogen and oxygen atoms in total. The molecule has 2 aliphatic rings. The first-order valence-corrected chi connectivity index (χ1v) is 10.6. The lowest BCUT2D eigenvalue weighted by molar-refractivity contribution is -0.116. The van der Waals surface area contributed by atoms with Crippen molar-refractivity contribution in [1.29, 1.82) is 5.26 Å². The number of carbonyl (C=O) groups excluding carboxylic acids is 1. The second-order valence-corrected chi connectivity index (χ2v) is 8.33. The number of para-hydroxylation sites is 1. The summed E-state index contributed by atoms with van der Waals surface area (Å²) in [4.78, 5) is 17.9. The Morgan fingerprint density at radius 3 is 2.74 bits per heavy atom. The number of fused-ring (bicyclic) bond motifs is 1. The van der Waals surface area contributed by atoms with E-state index in [0.29, 0.717) is 23.3 Å². The number of nitriles is 1. The largest absolute Gasteiger partial charge is 0.354 e. The number of aromatic nitrogens is 1. The molecule has 0 saturated heterocycles. The van der Waals surface area contributed by atoms with Gasteiger partial charge in [0, 0.05) is 29.4 Å². The number of hydrogen-bond donors (Lipinski definition) is 2. The summed E-state index contributed by atoms with van der Waals surface area (Å²) in [5.74, 6) is -0.215. The van der Waals surface area contributed by atoms with Crippen molar-refractivity contribution in [3.63, 3.8) is 0 Å². The third-order valence-electron chi connectivity index (χ3n) is 5.26. The predicted molar refractivity (Wildman–Crippen MR) is 121 cm³/mol. The van der Waals surface area contributed by atoms with E-state index in [1.807, 2.05) is 61.7 Å². The minimum atomic E-state index is -0.215. The molecule has 1 aromatic heterocycles. The average molecular weight is 424 g/mol. The van der Waals surface area contributed by atoms with Crippen LogP contribution in [0.15, 0.2) is 77.2 Å². The molecule has 7 heteroatoms. The Bertz CT molecular complexity index is 1360. The van der Waals surface area contributed by atoms with E-state index in [4.69, 9.17) is 0 Å². The first-order valence-electron chi connectivity index (χ1n) is 9.74. The van der Waals surface area contributed by atoms with Crippen LogP contribution in [-0.2, 0) is 11.2 Å². The van der Waals surface area contributed by atoms with Crippen molar-refractivity contribution in [1.82, 2.24) is 10.4 Å². The number of amides is 1.